The fraction of sp³-hybridized carbons (Fsp3) is 0.375. The van der Waals surface area contributed by atoms with Gasteiger partial charge in [-0.15, -0.1) is 0 Å². The Bertz CT molecular complexity index is 824. The van der Waals surface area contributed by atoms with E-state index in [9.17, 15) is 14.4 Å². The lowest BCUT2D eigenvalue weighted by Crippen LogP contribution is -2.35. The summed E-state index contributed by atoms with van der Waals surface area (Å²) >= 11 is 0. The molecule has 23 heavy (non-hydrogen) atoms. The van der Waals surface area contributed by atoms with Gasteiger partial charge in [-0.3, -0.25) is 18.8 Å². The number of amides is 1. The smallest absolute Gasteiger partial charge is 0.309 e. The van der Waals surface area contributed by atoms with Gasteiger partial charge in [0.2, 0.25) is 0 Å². The molecule has 122 valence electrons. The minimum Gasteiger partial charge on any atom is -0.481 e. The molecule has 0 bridgehead atoms. The van der Waals surface area contributed by atoms with E-state index < -0.39 is 22.9 Å². The summed E-state index contributed by atoms with van der Waals surface area (Å²) in [5.41, 5.74) is -0.0327. The van der Waals surface area contributed by atoms with E-state index in [4.69, 9.17) is 5.11 Å². The van der Waals surface area contributed by atoms with Crippen molar-refractivity contribution in [2.24, 2.45) is 5.41 Å². The van der Waals surface area contributed by atoms with Crippen molar-refractivity contribution in [3.8, 4) is 0 Å². The van der Waals surface area contributed by atoms with E-state index in [2.05, 4.69) is 10.3 Å². The highest BCUT2D eigenvalue weighted by Crippen LogP contribution is 2.19. The molecule has 7 nitrogen and oxygen atoms in total. The molecule has 2 aromatic heterocycles. The van der Waals surface area contributed by atoms with Crippen LogP contribution >= 0.6 is 0 Å². The van der Waals surface area contributed by atoms with Crippen LogP contribution < -0.4 is 10.9 Å². The SMILES string of the molecule is Cc1ccn2c(=O)c(C(=O)NCCC(C)(C)C(=O)O)cnc2c1. The van der Waals surface area contributed by atoms with Crippen molar-refractivity contribution in [3.05, 3.63) is 46.0 Å². The standard InChI is InChI=1S/C16H19N3O4/c1-10-4-7-19-12(8-10)18-9-11(14(19)21)13(20)17-6-5-16(2,3)15(22)23/h4,7-9H,5-6H2,1-3H3,(H,17,20)(H,22,23). The van der Waals surface area contributed by atoms with Crippen LogP contribution in [0.2, 0.25) is 0 Å². The summed E-state index contributed by atoms with van der Waals surface area (Å²) < 4.78 is 1.31. The molecule has 0 unspecified atom stereocenters. The number of nitrogens with one attached hydrogen (secondary N) is 1. The number of aryl methyl sites for hydroxylation is 1. The lowest BCUT2D eigenvalue weighted by molar-refractivity contribution is -0.147. The Morgan fingerprint density at radius 3 is 2.74 bits per heavy atom. The molecular weight excluding hydrogens is 298 g/mol. The van der Waals surface area contributed by atoms with Crippen molar-refractivity contribution >= 4 is 17.5 Å². The number of carbonyl (C=O) groups excluding carboxylic acids is 1. The van der Waals surface area contributed by atoms with Crippen molar-refractivity contribution in [2.75, 3.05) is 6.54 Å². The summed E-state index contributed by atoms with van der Waals surface area (Å²) in [4.78, 5) is 39.6. The average Bonchev–Trinajstić information content (AvgIpc) is 2.46. The number of carbonyl (C=O) groups is 2. The van der Waals surface area contributed by atoms with Gasteiger partial charge in [-0.1, -0.05) is 0 Å². The van der Waals surface area contributed by atoms with E-state index in [1.807, 2.05) is 6.92 Å². The fourth-order valence-corrected chi connectivity index (χ4v) is 2.02. The molecule has 0 aromatic carbocycles. The molecule has 2 heterocycles. The van der Waals surface area contributed by atoms with E-state index in [-0.39, 0.29) is 18.5 Å². The molecule has 2 rings (SSSR count). The maximum absolute atomic E-state index is 12.3. The molecule has 0 saturated carbocycles. The summed E-state index contributed by atoms with van der Waals surface area (Å²) in [6.07, 6.45) is 3.08. The molecule has 0 fully saturated rings. The number of fused-ring (bicyclic) bond motifs is 1. The monoisotopic (exact) mass is 317 g/mol. The Kier molecular flexibility index (Phi) is 4.49. The lowest BCUT2D eigenvalue weighted by Gasteiger charge is -2.18. The molecule has 0 aliphatic rings. The third kappa shape index (κ3) is 3.56. The van der Waals surface area contributed by atoms with E-state index in [0.717, 1.165) is 5.56 Å². The number of pyridine rings is 1. The van der Waals surface area contributed by atoms with Crippen LogP contribution in [-0.2, 0) is 4.79 Å². The maximum atomic E-state index is 12.3. The molecular formula is C16H19N3O4. The van der Waals surface area contributed by atoms with Crippen LogP contribution in [0.25, 0.3) is 5.65 Å². The number of nitrogens with zero attached hydrogens (tertiary/aromatic N) is 2. The molecule has 2 N–H and O–H groups in total. The first-order valence-corrected chi connectivity index (χ1v) is 7.22. The highest BCUT2D eigenvalue weighted by atomic mass is 16.4. The Hall–Kier alpha value is -2.70. The van der Waals surface area contributed by atoms with Crippen molar-refractivity contribution in [2.45, 2.75) is 27.2 Å². The zero-order chi connectivity index (χ0) is 17.2. The number of carboxylic acid groups (broad SMARTS) is 1. The summed E-state index contributed by atoms with van der Waals surface area (Å²) in [5.74, 6) is -1.49. The summed E-state index contributed by atoms with van der Waals surface area (Å²) in [6, 6.07) is 3.51. The van der Waals surface area contributed by atoms with Crippen LogP contribution in [0, 0.1) is 12.3 Å². The number of carboxylic acids is 1. The van der Waals surface area contributed by atoms with Crippen LogP contribution in [0.15, 0.2) is 29.3 Å². The van der Waals surface area contributed by atoms with Gasteiger partial charge in [0.1, 0.15) is 11.2 Å². The van der Waals surface area contributed by atoms with Crippen molar-refractivity contribution in [1.29, 1.82) is 0 Å². The van der Waals surface area contributed by atoms with E-state index in [1.54, 1.807) is 32.2 Å². The predicted molar refractivity (Wildman–Crippen MR) is 84.6 cm³/mol. The molecule has 7 heteroatoms. The second kappa shape index (κ2) is 6.20. The largest absolute Gasteiger partial charge is 0.481 e. The molecule has 0 aliphatic heterocycles. The molecule has 0 aliphatic carbocycles. The normalized spacial score (nSPS) is 11.4. The lowest BCUT2D eigenvalue weighted by atomic mass is 9.90. The zero-order valence-electron chi connectivity index (χ0n) is 13.3. The van der Waals surface area contributed by atoms with Gasteiger partial charge in [0.15, 0.2) is 0 Å². The minimum atomic E-state index is -0.943. The van der Waals surface area contributed by atoms with Gasteiger partial charge in [-0.25, -0.2) is 4.98 Å². The summed E-state index contributed by atoms with van der Waals surface area (Å²) in [7, 11) is 0. The van der Waals surface area contributed by atoms with Crippen LogP contribution in [-0.4, -0.2) is 32.9 Å². The van der Waals surface area contributed by atoms with Gasteiger partial charge in [0, 0.05) is 18.9 Å². The van der Waals surface area contributed by atoms with Crippen molar-refractivity contribution < 1.29 is 14.7 Å². The summed E-state index contributed by atoms with van der Waals surface area (Å²) in [6.45, 7) is 5.21. The second-order valence-corrected chi connectivity index (χ2v) is 6.10. The van der Waals surface area contributed by atoms with Crippen molar-refractivity contribution in [1.82, 2.24) is 14.7 Å². The highest BCUT2D eigenvalue weighted by molar-refractivity contribution is 5.93. The van der Waals surface area contributed by atoms with Gasteiger partial charge in [0.05, 0.1) is 5.41 Å². The topological polar surface area (TPSA) is 101 Å². The van der Waals surface area contributed by atoms with Gasteiger partial charge in [0.25, 0.3) is 11.5 Å². The average molecular weight is 317 g/mol. The van der Waals surface area contributed by atoms with Crippen LogP contribution in [0.5, 0.6) is 0 Å². The first kappa shape index (κ1) is 16.7. The Labute approximate surface area is 133 Å². The first-order valence-electron chi connectivity index (χ1n) is 7.22. The van der Waals surface area contributed by atoms with Crippen molar-refractivity contribution in [3.63, 3.8) is 0 Å². The van der Waals surface area contributed by atoms with Crippen LogP contribution in [0.1, 0.15) is 36.2 Å². The van der Waals surface area contributed by atoms with E-state index >= 15 is 0 Å². The molecule has 1 amide bonds. The third-order valence-electron chi connectivity index (χ3n) is 3.72. The van der Waals surface area contributed by atoms with Crippen LogP contribution in [0.3, 0.4) is 0 Å². The zero-order valence-corrected chi connectivity index (χ0v) is 13.3. The second-order valence-electron chi connectivity index (χ2n) is 6.10. The molecule has 0 saturated heterocycles. The minimum absolute atomic E-state index is 0.0699. The fourth-order valence-electron chi connectivity index (χ4n) is 2.02. The van der Waals surface area contributed by atoms with Crippen LogP contribution in [0.4, 0.5) is 0 Å². The molecule has 0 atom stereocenters. The number of hydrogen-bond donors (Lipinski definition) is 2. The van der Waals surface area contributed by atoms with E-state index in [0.29, 0.717) is 5.65 Å². The Balaban J connectivity index is 2.16. The Morgan fingerprint density at radius 1 is 1.39 bits per heavy atom. The van der Waals surface area contributed by atoms with Gasteiger partial charge >= 0.3 is 5.97 Å². The molecule has 2 aromatic rings. The first-order chi connectivity index (χ1) is 10.7. The predicted octanol–water partition coefficient (Wildman–Crippen LogP) is 1.23. The van der Waals surface area contributed by atoms with E-state index in [1.165, 1.54) is 10.6 Å². The van der Waals surface area contributed by atoms with Gasteiger partial charge in [-0.2, -0.15) is 0 Å². The maximum Gasteiger partial charge on any atom is 0.309 e. The summed E-state index contributed by atoms with van der Waals surface area (Å²) in [5, 5.41) is 11.6. The third-order valence-corrected chi connectivity index (χ3v) is 3.72. The number of rotatable bonds is 5. The number of aliphatic carboxylic acids is 1. The quantitative estimate of drug-likeness (QED) is 0.864. The molecule has 0 spiro atoms. The number of aromatic nitrogens is 2. The number of hydrogen-bond acceptors (Lipinski definition) is 4. The molecule has 0 radical (unpaired) electrons. The van der Waals surface area contributed by atoms with Gasteiger partial charge < -0.3 is 10.4 Å². The Morgan fingerprint density at radius 2 is 2.09 bits per heavy atom. The highest BCUT2D eigenvalue weighted by Gasteiger charge is 2.26. The van der Waals surface area contributed by atoms with Gasteiger partial charge in [-0.05, 0) is 44.9 Å².